The van der Waals surface area contributed by atoms with E-state index in [9.17, 15) is 4.79 Å². The minimum Gasteiger partial charge on any atom is -0.378 e. The Bertz CT molecular complexity index is 759. The van der Waals surface area contributed by atoms with Crippen LogP contribution in [0.1, 0.15) is 15.9 Å². The van der Waals surface area contributed by atoms with Gasteiger partial charge < -0.3 is 15.0 Å². The third-order valence-corrected chi connectivity index (χ3v) is 4.55. The van der Waals surface area contributed by atoms with Crippen molar-refractivity contribution in [2.75, 3.05) is 36.5 Å². The maximum absolute atomic E-state index is 12.6. The molecule has 0 spiro atoms. The molecule has 1 fully saturated rings. The minimum atomic E-state index is -0.253. The third-order valence-electron chi connectivity index (χ3n) is 3.93. The smallest absolute Gasteiger partial charge is 0.257 e. The fourth-order valence-electron chi connectivity index (χ4n) is 2.72. The van der Waals surface area contributed by atoms with Crippen LogP contribution < -0.4 is 10.2 Å². The van der Waals surface area contributed by atoms with Crippen LogP contribution in [0.5, 0.6) is 0 Å². The molecule has 3 rings (SSSR count). The molecule has 0 unspecified atom stereocenters. The first-order chi connectivity index (χ1) is 11.6. The highest BCUT2D eigenvalue weighted by Crippen LogP contribution is 2.35. The van der Waals surface area contributed by atoms with Crippen LogP contribution >= 0.6 is 23.2 Å². The van der Waals surface area contributed by atoms with Crippen molar-refractivity contribution in [1.29, 1.82) is 0 Å². The van der Waals surface area contributed by atoms with E-state index in [1.807, 2.05) is 31.2 Å². The van der Waals surface area contributed by atoms with Crippen LogP contribution in [-0.4, -0.2) is 32.2 Å². The first-order valence-corrected chi connectivity index (χ1v) is 8.50. The van der Waals surface area contributed by atoms with Gasteiger partial charge in [-0.2, -0.15) is 0 Å². The maximum Gasteiger partial charge on any atom is 0.257 e. The number of ether oxygens (including phenoxy) is 1. The van der Waals surface area contributed by atoms with Crippen LogP contribution in [0.25, 0.3) is 0 Å². The Labute approximate surface area is 151 Å². The number of halogens is 2. The van der Waals surface area contributed by atoms with E-state index < -0.39 is 0 Å². The van der Waals surface area contributed by atoms with Gasteiger partial charge in [0.25, 0.3) is 5.91 Å². The molecule has 4 nitrogen and oxygen atoms in total. The number of carbonyl (C=O) groups excluding carboxylic acids is 1. The van der Waals surface area contributed by atoms with Crippen LogP contribution in [0, 0.1) is 6.92 Å². The van der Waals surface area contributed by atoms with E-state index in [-0.39, 0.29) is 5.91 Å². The predicted molar refractivity (Wildman–Crippen MR) is 98.6 cm³/mol. The van der Waals surface area contributed by atoms with Crippen LogP contribution in [0.4, 0.5) is 11.4 Å². The number of anilines is 2. The molecule has 1 aliphatic rings. The largest absolute Gasteiger partial charge is 0.378 e. The molecule has 1 saturated heterocycles. The first-order valence-electron chi connectivity index (χ1n) is 7.75. The average molecular weight is 365 g/mol. The van der Waals surface area contributed by atoms with Gasteiger partial charge in [-0.25, -0.2) is 0 Å². The molecule has 126 valence electrons. The lowest BCUT2D eigenvalue weighted by atomic mass is 10.1. The first kappa shape index (κ1) is 17.1. The molecule has 0 saturated carbocycles. The van der Waals surface area contributed by atoms with Crippen molar-refractivity contribution in [2.24, 2.45) is 0 Å². The molecule has 1 aliphatic heterocycles. The number of morpholine rings is 1. The van der Waals surface area contributed by atoms with Gasteiger partial charge in [-0.3, -0.25) is 4.79 Å². The summed E-state index contributed by atoms with van der Waals surface area (Å²) in [6, 6.07) is 10.8. The molecular formula is C18H18Cl2N2O2. The monoisotopic (exact) mass is 364 g/mol. The second-order valence-corrected chi connectivity index (χ2v) is 6.49. The van der Waals surface area contributed by atoms with Gasteiger partial charge in [-0.05, 0) is 36.8 Å². The fourth-order valence-corrected chi connectivity index (χ4v) is 3.33. The molecule has 24 heavy (non-hydrogen) atoms. The molecule has 0 bridgehead atoms. The summed E-state index contributed by atoms with van der Waals surface area (Å²) >= 11 is 12.6. The molecule has 2 aromatic rings. The van der Waals surface area contributed by atoms with E-state index in [1.165, 1.54) is 0 Å². The summed E-state index contributed by atoms with van der Waals surface area (Å²) < 4.78 is 5.39. The number of hydrogen-bond acceptors (Lipinski definition) is 3. The Hall–Kier alpha value is -1.75. The van der Waals surface area contributed by atoms with Crippen molar-refractivity contribution in [1.82, 2.24) is 0 Å². The number of rotatable bonds is 3. The fraction of sp³-hybridized carbons (Fsp3) is 0.278. The quantitative estimate of drug-likeness (QED) is 0.877. The zero-order valence-corrected chi connectivity index (χ0v) is 14.8. The Balaban J connectivity index is 1.89. The summed E-state index contributed by atoms with van der Waals surface area (Å²) in [6.45, 7) is 4.68. The Morgan fingerprint density at radius 1 is 1.12 bits per heavy atom. The van der Waals surface area contributed by atoms with Gasteiger partial charge in [-0.1, -0.05) is 35.3 Å². The maximum atomic E-state index is 12.6. The molecule has 0 atom stereocenters. The van der Waals surface area contributed by atoms with Crippen molar-refractivity contribution in [3.8, 4) is 0 Å². The Kier molecular flexibility index (Phi) is 5.29. The summed E-state index contributed by atoms with van der Waals surface area (Å²) in [5.41, 5.74) is 2.94. The van der Waals surface area contributed by atoms with E-state index in [2.05, 4.69) is 10.2 Å². The van der Waals surface area contributed by atoms with E-state index in [0.717, 1.165) is 24.3 Å². The Morgan fingerprint density at radius 2 is 1.88 bits per heavy atom. The summed E-state index contributed by atoms with van der Waals surface area (Å²) in [5.74, 6) is -0.253. The van der Waals surface area contributed by atoms with Gasteiger partial charge >= 0.3 is 0 Å². The molecule has 0 aliphatic carbocycles. The van der Waals surface area contributed by atoms with Crippen LogP contribution in [0.3, 0.4) is 0 Å². The molecule has 2 aromatic carbocycles. The molecule has 1 heterocycles. The van der Waals surface area contributed by atoms with Crippen molar-refractivity contribution < 1.29 is 9.53 Å². The van der Waals surface area contributed by atoms with Gasteiger partial charge in [0.05, 0.1) is 40.2 Å². The van der Waals surface area contributed by atoms with Crippen molar-refractivity contribution >= 4 is 40.5 Å². The number of hydrogen-bond donors (Lipinski definition) is 1. The molecule has 1 amide bonds. The number of nitrogens with one attached hydrogen (secondary N) is 1. The molecule has 6 heteroatoms. The lowest BCUT2D eigenvalue weighted by Gasteiger charge is -2.31. The number of para-hydroxylation sites is 1. The van der Waals surface area contributed by atoms with Crippen molar-refractivity contribution in [3.63, 3.8) is 0 Å². The van der Waals surface area contributed by atoms with E-state index in [4.69, 9.17) is 27.9 Å². The Morgan fingerprint density at radius 3 is 2.58 bits per heavy atom. The minimum absolute atomic E-state index is 0.253. The zero-order valence-electron chi connectivity index (χ0n) is 13.3. The van der Waals surface area contributed by atoms with E-state index in [0.29, 0.717) is 34.5 Å². The lowest BCUT2D eigenvalue weighted by molar-refractivity contribution is 0.102. The van der Waals surface area contributed by atoms with Gasteiger partial charge in [-0.15, -0.1) is 0 Å². The molecule has 0 radical (unpaired) electrons. The normalized spacial score (nSPS) is 14.5. The SMILES string of the molecule is Cc1ccc(C(=O)Nc2cccc(Cl)c2N2CCOCC2)c(Cl)c1. The van der Waals surface area contributed by atoms with Gasteiger partial charge in [0, 0.05) is 13.1 Å². The van der Waals surface area contributed by atoms with Crippen molar-refractivity contribution in [3.05, 3.63) is 57.6 Å². The average Bonchev–Trinajstić information content (AvgIpc) is 2.55. The van der Waals surface area contributed by atoms with Crippen LogP contribution in [-0.2, 0) is 4.74 Å². The zero-order chi connectivity index (χ0) is 17.1. The summed E-state index contributed by atoms with van der Waals surface area (Å²) in [5, 5.41) is 3.97. The summed E-state index contributed by atoms with van der Waals surface area (Å²) in [4.78, 5) is 14.7. The highest BCUT2D eigenvalue weighted by atomic mass is 35.5. The number of carbonyl (C=O) groups is 1. The lowest BCUT2D eigenvalue weighted by Crippen LogP contribution is -2.37. The topological polar surface area (TPSA) is 41.6 Å². The van der Waals surface area contributed by atoms with Crippen LogP contribution in [0.15, 0.2) is 36.4 Å². The van der Waals surface area contributed by atoms with E-state index >= 15 is 0 Å². The van der Waals surface area contributed by atoms with Gasteiger partial charge in [0.2, 0.25) is 0 Å². The highest BCUT2D eigenvalue weighted by molar-refractivity contribution is 6.35. The molecule has 0 aromatic heterocycles. The predicted octanol–water partition coefficient (Wildman–Crippen LogP) is 4.39. The molecular weight excluding hydrogens is 347 g/mol. The number of aryl methyl sites for hydroxylation is 1. The van der Waals surface area contributed by atoms with Gasteiger partial charge in [0.1, 0.15) is 0 Å². The van der Waals surface area contributed by atoms with Crippen LogP contribution in [0.2, 0.25) is 10.0 Å². The highest BCUT2D eigenvalue weighted by Gasteiger charge is 2.20. The van der Waals surface area contributed by atoms with E-state index in [1.54, 1.807) is 12.1 Å². The molecule has 1 N–H and O–H groups in total. The summed E-state index contributed by atoms with van der Waals surface area (Å²) in [7, 11) is 0. The number of benzene rings is 2. The second kappa shape index (κ2) is 7.43. The van der Waals surface area contributed by atoms with Gasteiger partial charge in [0.15, 0.2) is 0 Å². The number of amides is 1. The number of nitrogens with zero attached hydrogens (tertiary/aromatic N) is 1. The standard InChI is InChI=1S/C18H18Cl2N2O2/c1-12-5-6-13(15(20)11-12)18(23)21-16-4-2-3-14(19)17(16)22-7-9-24-10-8-22/h2-6,11H,7-10H2,1H3,(H,21,23). The van der Waals surface area contributed by atoms with Crippen molar-refractivity contribution in [2.45, 2.75) is 6.92 Å². The second-order valence-electron chi connectivity index (χ2n) is 5.67. The third kappa shape index (κ3) is 3.66. The summed E-state index contributed by atoms with van der Waals surface area (Å²) in [6.07, 6.45) is 0.